The second-order valence-corrected chi connectivity index (χ2v) is 5.82. The Morgan fingerprint density at radius 3 is 2.61 bits per heavy atom. The molecule has 1 aromatic carbocycles. The van der Waals surface area contributed by atoms with E-state index in [4.69, 9.17) is 16.3 Å². The highest BCUT2D eigenvalue weighted by Gasteiger charge is 2.15. The van der Waals surface area contributed by atoms with Crippen molar-refractivity contribution >= 4 is 27.5 Å². The third kappa shape index (κ3) is 5.30. The number of methoxy groups -OCH3 is 1. The van der Waals surface area contributed by atoms with Crippen LogP contribution in [0, 0.1) is 0 Å². The molecule has 0 aliphatic rings. The standard InChI is InChI=1S/C15H14BrClF2N2O2/c1-22-12-5-10(4-11(16)14(12)23-15(18)19)7-20-6-9-2-3-13(17)21-8-9/h2-5,8,15,20H,6-7H2,1H3. The predicted octanol–water partition coefficient (Wildman–Crippen LogP) is 4.40. The van der Waals surface area contributed by atoms with Gasteiger partial charge < -0.3 is 14.8 Å². The molecule has 0 atom stereocenters. The van der Waals surface area contributed by atoms with Crippen molar-refractivity contribution in [3.05, 3.63) is 51.2 Å². The van der Waals surface area contributed by atoms with Gasteiger partial charge in [-0.1, -0.05) is 17.7 Å². The maximum atomic E-state index is 12.4. The van der Waals surface area contributed by atoms with E-state index >= 15 is 0 Å². The number of hydrogen-bond acceptors (Lipinski definition) is 4. The molecule has 0 saturated carbocycles. The number of hydrogen-bond donors (Lipinski definition) is 1. The molecule has 124 valence electrons. The van der Waals surface area contributed by atoms with Gasteiger partial charge in [-0.25, -0.2) is 4.98 Å². The normalized spacial score (nSPS) is 10.9. The number of halogens is 4. The largest absolute Gasteiger partial charge is 0.493 e. The van der Waals surface area contributed by atoms with Crippen molar-refractivity contribution in [1.29, 1.82) is 0 Å². The van der Waals surface area contributed by atoms with Gasteiger partial charge in [0.15, 0.2) is 11.5 Å². The van der Waals surface area contributed by atoms with E-state index in [0.29, 0.717) is 22.7 Å². The summed E-state index contributed by atoms with van der Waals surface area (Å²) < 4.78 is 34.8. The van der Waals surface area contributed by atoms with Crippen LogP contribution in [0.4, 0.5) is 8.78 Å². The van der Waals surface area contributed by atoms with E-state index in [0.717, 1.165) is 11.1 Å². The van der Waals surface area contributed by atoms with Crippen molar-refractivity contribution in [3.8, 4) is 11.5 Å². The third-order valence-corrected chi connectivity index (χ3v) is 3.76. The predicted molar refractivity (Wildman–Crippen MR) is 87.1 cm³/mol. The molecular formula is C15H14BrClF2N2O2. The molecule has 0 aliphatic carbocycles. The van der Waals surface area contributed by atoms with Crippen LogP contribution in [-0.2, 0) is 13.1 Å². The molecular weight excluding hydrogens is 394 g/mol. The Labute approximate surface area is 145 Å². The molecule has 0 saturated heterocycles. The lowest BCUT2D eigenvalue weighted by atomic mass is 10.2. The summed E-state index contributed by atoms with van der Waals surface area (Å²) in [6, 6.07) is 6.94. The van der Waals surface area contributed by atoms with Crippen molar-refractivity contribution in [3.63, 3.8) is 0 Å². The maximum absolute atomic E-state index is 12.4. The highest BCUT2D eigenvalue weighted by Crippen LogP contribution is 2.37. The van der Waals surface area contributed by atoms with E-state index in [1.807, 2.05) is 6.07 Å². The van der Waals surface area contributed by atoms with E-state index in [9.17, 15) is 8.78 Å². The van der Waals surface area contributed by atoms with Crippen molar-refractivity contribution in [1.82, 2.24) is 10.3 Å². The first kappa shape index (κ1) is 17.9. The average Bonchev–Trinajstić information content (AvgIpc) is 2.51. The molecule has 8 heteroatoms. The summed E-state index contributed by atoms with van der Waals surface area (Å²) in [6.45, 7) is -1.80. The number of rotatable bonds is 7. The molecule has 23 heavy (non-hydrogen) atoms. The van der Waals surface area contributed by atoms with Crippen molar-refractivity contribution in [2.24, 2.45) is 0 Å². The Kier molecular flexibility index (Phi) is 6.56. The van der Waals surface area contributed by atoms with E-state index in [-0.39, 0.29) is 11.5 Å². The topological polar surface area (TPSA) is 43.4 Å². The Morgan fingerprint density at radius 1 is 1.26 bits per heavy atom. The van der Waals surface area contributed by atoms with Gasteiger partial charge >= 0.3 is 6.61 Å². The summed E-state index contributed by atoms with van der Waals surface area (Å²) in [5.41, 5.74) is 1.84. The second kappa shape index (κ2) is 8.42. The van der Waals surface area contributed by atoms with Crippen LogP contribution in [0.1, 0.15) is 11.1 Å². The number of aromatic nitrogens is 1. The number of nitrogens with zero attached hydrogens (tertiary/aromatic N) is 1. The SMILES string of the molecule is COc1cc(CNCc2ccc(Cl)nc2)cc(Br)c1OC(F)F. The zero-order valence-electron chi connectivity index (χ0n) is 12.2. The van der Waals surface area contributed by atoms with Crippen LogP contribution < -0.4 is 14.8 Å². The molecule has 1 N–H and O–H groups in total. The van der Waals surface area contributed by atoms with Crippen LogP contribution in [0.15, 0.2) is 34.9 Å². The molecule has 0 aliphatic heterocycles. The average molecular weight is 408 g/mol. The summed E-state index contributed by atoms with van der Waals surface area (Å²) in [7, 11) is 1.40. The quantitative estimate of drug-likeness (QED) is 0.691. The molecule has 1 aromatic heterocycles. The van der Waals surface area contributed by atoms with Crippen molar-refractivity contribution < 1.29 is 18.3 Å². The molecule has 0 amide bonds. The fraction of sp³-hybridized carbons (Fsp3) is 0.267. The van der Waals surface area contributed by atoms with Crippen LogP contribution in [0.2, 0.25) is 5.15 Å². The van der Waals surface area contributed by atoms with Gasteiger partial charge in [-0.2, -0.15) is 8.78 Å². The van der Waals surface area contributed by atoms with Crippen LogP contribution >= 0.6 is 27.5 Å². The molecule has 4 nitrogen and oxygen atoms in total. The van der Waals surface area contributed by atoms with Crippen LogP contribution in [-0.4, -0.2) is 18.7 Å². The Morgan fingerprint density at radius 2 is 2.00 bits per heavy atom. The highest BCUT2D eigenvalue weighted by molar-refractivity contribution is 9.10. The maximum Gasteiger partial charge on any atom is 0.387 e. The third-order valence-electron chi connectivity index (χ3n) is 2.94. The zero-order chi connectivity index (χ0) is 16.8. The summed E-state index contributed by atoms with van der Waals surface area (Å²) in [5, 5.41) is 3.67. The lowest BCUT2D eigenvalue weighted by molar-refractivity contribution is -0.0517. The first-order chi connectivity index (χ1) is 11.0. The first-order valence-electron chi connectivity index (χ1n) is 6.62. The molecule has 2 rings (SSSR count). The Hall–Kier alpha value is -1.44. The van der Waals surface area contributed by atoms with Gasteiger partial charge in [-0.3, -0.25) is 0 Å². The smallest absolute Gasteiger partial charge is 0.387 e. The lowest BCUT2D eigenvalue weighted by Crippen LogP contribution is -2.13. The lowest BCUT2D eigenvalue weighted by Gasteiger charge is -2.14. The fourth-order valence-corrected chi connectivity index (χ4v) is 2.64. The van der Waals surface area contributed by atoms with Gasteiger partial charge in [0.25, 0.3) is 0 Å². The molecule has 0 bridgehead atoms. The molecule has 0 fully saturated rings. The van der Waals surface area contributed by atoms with Gasteiger partial charge in [0.1, 0.15) is 5.15 Å². The van der Waals surface area contributed by atoms with E-state index in [1.165, 1.54) is 7.11 Å². The van der Waals surface area contributed by atoms with Gasteiger partial charge in [-0.15, -0.1) is 0 Å². The van der Waals surface area contributed by atoms with Gasteiger partial charge in [0, 0.05) is 19.3 Å². The molecule has 1 heterocycles. The van der Waals surface area contributed by atoms with Gasteiger partial charge in [0.05, 0.1) is 11.6 Å². The van der Waals surface area contributed by atoms with Gasteiger partial charge in [0.2, 0.25) is 0 Å². The highest BCUT2D eigenvalue weighted by atomic mass is 79.9. The van der Waals surface area contributed by atoms with Crippen molar-refractivity contribution in [2.75, 3.05) is 7.11 Å². The van der Waals surface area contributed by atoms with Crippen LogP contribution in [0.5, 0.6) is 11.5 Å². The second-order valence-electron chi connectivity index (χ2n) is 4.58. The van der Waals surface area contributed by atoms with Crippen LogP contribution in [0.25, 0.3) is 0 Å². The van der Waals surface area contributed by atoms with E-state index in [2.05, 4.69) is 31.0 Å². The van der Waals surface area contributed by atoms with Crippen LogP contribution in [0.3, 0.4) is 0 Å². The van der Waals surface area contributed by atoms with E-state index < -0.39 is 6.61 Å². The minimum absolute atomic E-state index is 0.0202. The first-order valence-corrected chi connectivity index (χ1v) is 7.79. The summed E-state index contributed by atoms with van der Waals surface area (Å²) >= 11 is 8.95. The number of pyridine rings is 1. The minimum atomic E-state index is -2.92. The summed E-state index contributed by atoms with van der Waals surface area (Å²) in [4.78, 5) is 4.00. The van der Waals surface area contributed by atoms with Gasteiger partial charge in [-0.05, 0) is 45.3 Å². The molecule has 0 unspecified atom stereocenters. The van der Waals surface area contributed by atoms with E-state index in [1.54, 1.807) is 24.4 Å². The summed E-state index contributed by atoms with van der Waals surface area (Å²) in [6.07, 6.45) is 1.69. The molecule has 0 radical (unpaired) electrons. The monoisotopic (exact) mass is 406 g/mol. The molecule has 0 spiro atoms. The number of benzene rings is 1. The number of nitrogens with one attached hydrogen (secondary N) is 1. The number of alkyl halides is 2. The number of ether oxygens (including phenoxy) is 2. The molecule has 2 aromatic rings. The zero-order valence-corrected chi connectivity index (χ0v) is 14.5. The van der Waals surface area contributed by atoms with Crippen molar-refractivity contribution in [2.45, 2.75) is 19.7 Å². The summed E-state index contributed by atoms with van der Waals surface area (Å²) in [5.74, 6) is 0.220. The minimum Gasteiger partial charge on any atom is -0.493 e. The Bertz CT molecular complexity index is 657. The Balaban J connectivity index is 2.02. The fourth-order valence-electron chi connectivity index (χ4n) is 1.94.